The van der Waals surface area contributed by atoms with Crippen molar-refractivity contribution in [2.24, 2.45) is 0 Å². The van der Waals surface area contributed by atoms with Gasteiger partial charge >= 0.3 is 0 Å². The average Bonchev–Trinajstić information content (AvgIpc) is 2.73. The first-order chi connectivity index (χ1) is 7.78. The fraction of sp³-hybridized carbons (Fsp3) is 0.250. The monoisotopic (exact) mass is 234 g/mol. The number of anilines is 1. The largest absolute Gasteiger partial charge is 0.495 e. The van der Waals surface area contributed by atoms with Crippen LogP contribution in [0.1, 0.15) is 9.75 Å². The van der Waals surface area contributed by atoms with Gasteiger partial charge in [0.15, 0.2) is 0 Å². The van der Waals surface area contributed by atoms with E-state index in [9.17, 15) is 0 Å². The molecule has 2 heterocycles. The zero-order chi connectivity index (χ0) is 11.4. The van der Waals surface area contributed by atoms with E-state index >= 15 is 0 Å². The summed E-state index contributed by atoms with van der Waals surface area (Å²) in [4.78, 5) is 6.89. The molecule has 0 aliphatic rings. The highest BCUT2D eigenvalue weighted by atomic mass is 32.1. The van der Waals surface area contributed by atoms with Crippen molar-refractivity contribution in [2.75, 3.05) is 12.4 Å². The molecule has 4 heteroatoms. The molecule has 3 nitrogen and oxygen atoms in total. The highest BCUT2D eigenvalue weighted by Crippen LogP contribution is 2.17. The molecule has 0 radical (unpaired) electrons. The Labute approximate surface area is 99.1 Å². The Morgan fingerprint density at radius 3 is 2.75 bits per heavy atom. The molecule has 0 spiro atoms. The maximum absolute atomic E-state index is 5.05. The maximum atomic E-state index is 5.05. The number of hydrogen-bond acceptors (Lipinski definition) is 4. The van der Waals surface area contributed by atoms with E-state index in [4.69, 9.17) is 4.74 Å². The lowest BCUT2D eigenvalue weighted by atomic mass is 10.4. The predicted molar refractivity (Wildman–Crippen MR) is 67.2 cm³/mol. The fourth-order valence-electron chi connectivity index (χ4n) is 1.36. The Morgan fingerprint density at radius 2 is 2.19 bits per heavy atom. The first-order valence-corrected chi connectivity index (χ1v) is 5.89. The van der Waals surface area contributed by atoms with E-state index in [1.54, 1.807) is 24.6 Å². The van der Waals surface area contributed by atoms with E-state index < -0.39 is 0 Å². The van der Waals surface area contributed by atoms with Gasteiger partial charge in [-0.15, -0.1) is 11.3 Å². The molecule has 0 unspecified atom stereocenters. The lowest BCUT2D eigenvalue weighted by molar-refractivity contribution is 0.413. The van der Waals surface area contributed by atoms with Gasteiger partial charge in [0.2, 0.25) is 0 Å². The van der Waals surface area contributed by atoms with Gasteiger partial charge in [-0.1, -0.05) is 0 Å². The summed E-state index contributed by atoms with van der Waals surface area (Å²) in [6, 6.07) is 8.08. The molecule has 2 aromatic heterocycles. The number of nitrogens with zero attached hydrogens (tertiary/aromatic N) is 1. The first kappa shape index (κ1) is 11.0. The van der Waals surface area contributed by atoms with Gasteiger partial charge in [0, 0.05) is 9.75 Å². The van der Waals surface area contributed by atoms with Crippen molar-refractivity contribution in [3.05, 3.63) is 40.2 Å². The van der Waals surface area contributed by atoms with Crippen molar-refractivity contribution in [3.63, 3.8) is 0 Å². The van der Waals surface area contributed by atoms with E-state index in [2.05, 4.69) is 29.4 Å². The molecule has 84 valence electrons. The second-order valence-electron chi connectivity index (χ2n) is 3.45. The van der Waals surface area contributed by atoms with E-state index in [1.165, 1.54) is 9.75 Å². The number of pyridine rings is 1. The normalized spacial score (nSPS) is 10.1. The summed E-state index contributed by atoms with van der Waals surface area (Å²) >= 11 is 1.80. The van der Waals surface area contributed by atoms with Crippen molar-refractivity contribution in [1.29, 1.82) is 0 Å². The molecule has 2 rings (SSSR count). The van der Waals surface area contributed by atoms with Crippen molar-refractivity contribution >= 4 is 17.2 Å². The number of aromatic nitrogens is 1. The molecular formula is C12H14N2OS. The predicted octanol–water partition coefficient (Wildman–Crippen LogP) is 3.07. The van der Waals surface area contributed by atoms with Crippen LogP contribution in [0.15, 0.2) is 30.5 Å². The molecular weight excluding hydrogens is 220 g/mol. The molecule has 0 aromatic carbocycles. The topological polar surface area (TPSA) is 34.1 Å². The summed E-state index contributed by atoms with van der Waals surface area (Å²) in [6.45, 7) is 2.93. The Bertz CT molecular complexity index is 450. The Hall–Kier alpha value is -1.55. The van der Waals surface area contributed by atoms with Crippen LogP contribution in [-0.4, -0.2) is 12.1 Å². The molecule has 0 atom stereocenters. The summed E-state index contributed by atoms with van der Waals surface area (Å²) in [6.07, 6.45) is 1.71. The van der Waals surface area contributed by atoms with Crippen LogP contribution in [-0.2, 0) is 6.54 Å². The van der Waals surface area contributed by atoms with Crippen LogP contribution in [0.4, 0.5) is 5.82 Å². The van der Waals surface area contributed by atoms with Crippen molar-refractivity contribution < 1.29 is 4.74 Å². The number of methoxy groups -OCH3 is 1. The molecule has 2 aromatic rings. The summed E-state index contributed by atoms with van der Waals surface area (Å²) < 4.78 is 5.05. The minimum atomic E-state index is 0.775. The van der Waals surface area contributed by atoms with Crippen molar-refractivity contribution in [3.8, 4) is 5.75 Å². The summed E-state index contributed by atoms with van der Waals surface area (Å²) in [7, 11) is 1.64. The van der Waals surface area contributed by atoms with Gasteiger partial charge in [0.1, 0.15) is 11.6 Å². The van der Waals surface area contributed by atoms with Crippen LogP contribution in [0.3, 0.4) is 0 Å². The lowest BCUT2D eigenvalue weighted by Crippen LogP contribution is -1.99. The number of nitrogens with one attached hydrogen (secondary N) is 1. The van der Waals surface area contributed by atoms with E-state index in [-0.39, 0.29) is 0 Å². The number of ether oxygens (including phenoxy) is 1. The van der Waals surface area contributed by atoms with Crippen LogP contribution in [0.25, 0.3) is 0 Å². The van der Waals surface area contributed by atoms with E-state index in [0.717, 1.165) is 18.1 Å². The smallest absolute Gasteiger partial charge is 0.137 e. The molecule has 0 saturated carbocycles. The van der Waals surface area contributed by atoms with Gasteiger partial charge < -0.3 is 10.1 Å². The highest BCUT2D eigenvalue weighted by Gasteiger charge is 1.98. The standard InChI is InChI=1S/C12H14N2OS/c1-9-3-5-11(16-9)8-14-12-6-4-10(15-2)7-13-12/h3-7H,8H2,1-2H3,(H,13,14). The molecule has 16 heavy (non-hydrogen) atoms. The van der Waals surface area contributed by atoms with Gasteiger partial charge in [-0.3, -0.25) is 0 Å². The minimum Gasteiger partial charge on any atom is -0.495 e. The fourth-order valence-corrected chi connectivity index (χ4v) is 2.19. The van der Waals surface area contributed by atoms with Crippen LogP contribution >= 0.6 is 11.3 Å². The SMILES string of the molecule is COc1ccc(NCc2ccc(C)s2)nc1. The molecule has 1 N–H and O–H groups in total. The van der Waals surface area contributed by atoms with Gasteiger partial charge in [-0.25, -0.2) is 4.98 Å². The molecule has 0 saturated heterocycles. The second kappa shape index (κ2) is 4.99. The Kier molecular flexibility index (Phi) is 3.41. The number of aryl methyl sites for hydroxylation is 1. The third-order valence-corrected chi connectivity index (χ3v) is 3.21. The minimum absolute atomic E-state index is 0.775. The summed E-state index contributed by atoms with van der Waals surface area (Å²) in [5.74, 6) is 1.64. The maximum Gasteiger partial charge on any atom is 0.137 e. The number of rotatable bonds is 4. The van der Waals surface area contributed by atoms with Crippen molar-refractivity contribution in [2.45, 2.75) is 13.5 Å². The van der Waals surface area contributed by atoms with Gasteiger partial charge in [-0.2, -0.15) is 0 Å². The van der Waals surface area contributed by atoms with Crippen LogP contribution in [0, 0.1) is 6.92 Å². The van der Waals surface area contributed by atoms with Gasteiger partial charge in [0.25, 0.3) is 0 Å². The van der Waals surface area contributed by atoms with E-state index in [1.807, 2.05) is 12.1 Å². The third kappa shape index (κ3) is 2.73. The van der Waals surface area contributed by atoms with Crippen molar-refractivity contribution in [1.82, 2.24) is 4.98 Å². The van der Waals surface area contributed by atoms with Gasteiger partial charge in [0.05, 0.1) is 19.9 Å². The quantitative estimate of drug-likeness (QED) is 0.882. The number of hydrogen-bond donors (Lipinski definition) is 1. The molecule has 0 amide bonds. The second-order valence-corrected chi connectivity index (χ2v) is 4.82. The van der Waals surface area contributed by atoms with Crippen LogP contribution < -0.4 is 10.1 Å². The number of thiophene rings is 1. The molecule has 0 fully saturated rings. The molecule has 0 aliphatic carbocycles. The third-order valence-electron chi connectivity index (χ3n) is 2.21. The summed E-state index contributed by atoms with van der Waals surface area (Å²) in [5.41, 5.74) is 0. The highest BCUT2D eigenvalue weighted by molar-refractivity contribution is 7.11. The van der Waals surface area contributed by atoms with Gasteiger partial charge in [-0.05, 0) is 31.2 Å². The zero-order valence-corrected chi connectivity index (χ0v) is 10.2. The zero-order valence-electron chi connectivity index (χ0n) is 9.36. The lowest BCUT2D eigenvalue weighted by Gasteiger charge is -2.04. The van der Waals surface area contributed by atoms with Crippen LogP contribution in [0.5, 0.6) is 5.75 Å². The Balaban J connectivity index is 1.94. The average molecular weight is 234 g/mol. The molecule has 0 bridgehead atoms. The molecule has 0 aliphatic heterocycles. The summed E-state index contributed by atoms with van der Waals surface area (Å²) in [5, 5.41) is 3.27. The van der Waals surface area contributed by atoms with E-state index in [0.29, 0.717) is 0 Å². The Morgan fingerprint density at radius 1 is 1.31 bits per heavy atom. The first-order valence-electron chi connectivity index (χ1n) is 5.07. The van der Waals surface area contributed by atoms with Crippen LogP contribution in [0.2, 0.25) is 0 Å².